The minimum Gasteiger partial charge on any atom is -0.456 e. The minimum absolute atomic E-state index is 0.701. The summed E-state index contributed by atoms with van der Waals surface area (Å²) < 4.78 is 6.20. The van der Waals surface area contributed by atoms with Gasteiger partial charge in [-0.2, -0.15) is 0 Å². The lowest BCUT2D eigenvalue weighted by Gasteiger charge is -2.15. The molecule has 3 heteroatoms. The molecule has 0 bridgehead atoms. The standard InChI is InChI=1S/C48H30N2O/c1-2-14-33(15-3-1)44-30-45(50-48(49-44)42-22-11-17-32-13-5-7-19-39(32)42)37-27-35(26-36(28-37)40-21-10-16-31-12-4-6-18-38(31)40)34-24-25-47-43(29-34)41-20-8-9-23-46(41)51-47/h1-30H. The van der Waals surface area contributed by atoms with Crippen LogP contribution in [0.3, 0.4) is 0 Å². The molecular weight excluding hydrogens is 621 g/mol. The van der Waals surface area contributed by atoms with Gasteiger partial charge in [0.1, 0.15) is 11.2 Å². The second kappa shape index (κ2) is 11.9. The highest BCUT2D eigenvalue weighted by molar-refractivity contribution is 6.06. The van der Waals surface area contributed by atoms with Gasteiger partial charge < -0.3 is 4.42 Å². The third-order valence-electron chi connectivity index (χ3n) is 9.87. The highest BCUT2D eigenvalue weighted by Crippen LogP contribution is 2.39. The summed E-state index contributed by atoms with van der Waals surface area (Å²) in [7, 11) is 0. The lowest BCUT2D eigenvalue weighted by Crippen LogP contribution is -1.97. The van der Waals surface area contributed by atoms with E-state index in [1.165, 1.54) is 16.3 Å². The first kappa shape index (κ1) is 29.1. The molecule has 8 aromatic carbocycles. The summed E-state index contributed by atoms with van der Waals surface area (Å²) in [6.45, 7) is 0. The molecule has 0 N–H and O–H groups in total. The Morgan fingerprint density at radius 3 is 1.67 bits per heavy atom. The van der Waals surface area contributed by atoms with E-state index in [1.807, 2.05) is 18.2 Å². The maximum atomic E-state index is 6.20. The van der Waals surface area contributed by atoms with Crippen molar-refractivity contribution in [1.82, 2.24) is 9.97 Å². The van der Waals surface area contributed by atoms with Crippen LogP contribution < -0.4 is 0 Å². The van der Waals surface area contributed by atoms with Crippen LogP contribution in [-0.4, -0.2) is 9.97 Å². The Morgan fingerprint density at radius 1 is 0.314 bits per heavy atom. The van der Waals surface area contributed by atoms with Crippen molar-refractivity contribution >= 4 is 43.5 Å². The molecule has 238 valence electrons. The molecule has 0 aliphatic rings. The molecule has 0 unspecified atom stereocenters. The molecule has 10 rings (SSSR count). The van der Waals surface area contributed by atoms with Crippen LogP contribution in [0.5, 0.6) is 0 Å². The molecule has 3 nitrogen and oxygen atoms in total. The maximum absolute atomic E-state index is 6.20. The normalized spacial score (nSPS) is 11.5. The van der Waals surface area contributed by atoms with Gasteiger partial charge in [-0.05, 0) is 86.3 Å². The van der Waals surface area contributed by atoms with E-state index in [2.05, 4.69) is 164 Å². The molecule has 0 atom stereocenters. The first-order valence-corrected chi connectivity index (χ1v) is 17.2. The number of fused-ring (bicyclic) bond motifs is 5. The Morgan fingerprint density at radius 2 is 0.882 bits per heavy atom. The summed E-state index contributed by atoms with van der Waals surface area (Å²) in [5.74, 6) is 0.701. The fourth-order valence-corrected chi connectivity index (χ4v) is 7.37. The zero-order valence-corrected chi connectivity index (χ0v) is 27.6. The van der Waals surface area contributed by atoms with Crippen LogP contribution >= 0.6 is 0 Å². The number of benzene rings is 8. The zero-order chi connectivity index (χ0) is 33.7. The van der Waals surface area contributed by atoms with E-state index >= 15 is 0 Å². The van der Waals surface area contributed by atoms with Crippen molar-refractivity contribution in [2.75, 3.05) is 0 Å². The van der Waals surface area contributed by atoms with Crippen LogP contribution in [-0.2, 0) is 0 Å². The minimum atomic E-state index is 0.701. The van der Waals surface area contributed by atoms with Crippen molar-refractivity contribution < 1.29 is 4.42 Å². The van der Waals surface area contributed by atoms with Gasteiger partial charge in [-0.1, -0.05) is 140 Å². The molecule has 0 saturated carbocycles. The van der Waals surface area contributed by atoms with Crippen molar-refractivity contribution in [1.29, 1.82) is 0 Å². The second-order valence-corrected chi connectivity index (χ2v) is 13.0. The van der Waals surface area contributed by atoms with E-state index in [0.717, 1.165) is 77.5 Å². The Labute approximate surface area is 295 Å². The van der Waals surface area contributed by atoms with Gasteiger partial charge in [0.05, 0.1) is 11.4 Å². The summed E-state index contributed by atoms with van der Waals surface area (Å²) in [6, 6.07) is 64.0. The van der Waals surface area contributed by atoms with Gasteiger partial charge in [0.2, 0.25) is 0 Å². The van der Waals surface area contributed by atoms with E-state index in [-0.39, 0.29) is 0 Å². The molecule has 0 saturated heterocycles. The molecule has 2 aromatic heterocycles. The lowest BCUT2D eigenvalue weighted by atomic mass is 9.91. The number of furan rings is 1. The average Bonchev–Trinajstić information content (AvgIpc) is 3.58. The van der Waals surface area contributed by atoms with Gasteiger partial charge in [-0.25, -0.2) is 9.97 Å². The number of para-hydroxylation sites is 1. The number of hydrogen-bond acceptors (Lipinski definition) is 3. The fraction of sp³-hybridized carbons (Fsp3) is 0. The van der Waals surface area contributed by atoms with Gasteiger partial charge in [0.25, 0.3) is 0 Å². The predicted octanol–water partition coefficient (Wildman–Crippen LogP) is 13.0. The van der Waals surface area contributed by atoms with Gasteiger partial charge in [-0.15, -0.1) is 0 Å². The Bertz CT molecular complexity index is 2910. The highest BCUT2D eigenvalue weighted by Gasteiger charge is 2.16. The zero-order valence-electron chi connectivity index (χ0n) is 27.6. The van der Waals surface area contributed by atoms with Gasteiger partial charge >= 0.3 is 0 Å². The molecule has 0 aliphatic heterocycles. The first-order chi connectivity index (χ1) is 25.2. The lowest BCUT2D eigenvalue weighted by molar-refractivity contribution is 0.669. The van der Waals surface area contributed by atoms with Crippen molar-refractivity contribution in [3.05, 3.63) is 182 Å². The maximum Gasteiger partial charge on any atom is 0.161 e. The van der Waals surface area contributed by atoms with E-state index in [0.29, 0.717) is 5.82 Å². The van der Waals surface area contributed by atoms with Crippen molar-refractivity contribution in [3.8, 4) is 56.2 Å². The molecule has 0 fully saturated rings. The molecular formula is C48H30N2O. The number of aromatic nitrogens is 2. The highest BCUT2D eigenvalue weighted by atomic mass is 16.3. The van der Waals surface area contributed by atoms with Gasteiger partial charge in [-0.3, -0.25) is 0 Å². The molecule has 51 heavy (non-hydrogen) atoms. The Hall–Kier alpha value is -6.84. The first-order valence-electron chi connectivity index (χ1n) is 17.2. The smallest absolute Gasteiger partial charge is 0.161 e. The predicted molar refractivity (Wildman–Crippen MR) is 212 cm³/mol. The molecule has 10 aromatic rings. The van der Waals surface area contributed by atoms with Gasteiger partial charge in [0.15, 0.2) is 5.82 Å². The van der Waals surface area contributed by atoms with Crippen LogP contribution in [0, 0.1) is 0 Å². The third-order valence-corrected chi connectivity index (χ3v) is 9.87. The van der Waals surface area contributed by atoms with E-state index in [4.69, 9.17) is 14.4 Å². The second-order valence-electron chi connectivity index (χ2n) is 13.0. The topological polar surface area (TPSA) is 38.9 Å². The Kier molecular flexibility index (Phi) is 6.81. The number of rotatable bonds is 5. The quantitative estimate of drug-likeness (QED) is 0.186. The number of nitrogens with zero attached hydrogens (tertiary/aromatic N) is 2. The van der Waals surface area contributed by atoms with E-state index < -0.39 is 0 Å². The number of hydrogen-bond donors (Lipinski definition) is 0. The Balaban J connectivity index is 1.24. The molecule has 0 radical (unpaired) electrons. The summed E-state index contributed by atoms with van der Waals surface area (Å²) in [5.41, 5.74) is 11.1. The van der Waals surface area contributed by atoms with Crippen LogP contribution in [0.15, 0.2) is 186 Å². The monoisotopic (exact) mass is 650 g/mol. The van der Waals surface area contributed by atoms with Gasteiger partial charge in [0, 0.05) is 27.5 Å². The summed E-state index contributed by atoms with van der Waals surface area (Å²) in [6.07, 6.45) is 0. The van der Waals surface area contributed by atoms with Crippen molar-refractivity contribution in [2.24, 2.45) is 0 Å². The van der Waals surface area contributed by atoms with Crippen molar-refractivity contribution in [3.63, 3.8) is 0 Å². The summed E-state index contributed by atoms with van der Waals surface area (Å²) in [5, 5.41) is 6.92. The van der Waals surface area contributed by atoms with Crippen LogP contribution in [0.2, 0.25) is 0 Å². The molecule has 0 aliphatic carbocycles. The van der Waals surface area contributed by atoms with Crippen LogP contribution in [0.25, 0.3) is 99.6 Å². The van der Waals surface area contributed by atoms with Crippen LogP contribution in [0.4, 0.5) is 0 Å². The summed E-state index contributed by atoms with van der Waals surface area (Å²) >= 11 is 0. The average molecular weight is 651 g/mol. The molecule has 2 heterocycles. The molecule has 0 amide bonds. The summed E-state index contributed by atoms with van der Waals surface area (Å²) in [4.78, 5) is 10.5. The SMILES string of the molecule is c1ccc(-c2cc(-c3cc(-c4ccc5oc6ccccc6c5c4)cc(-c4cccc5ccccc45)c3)nc(-c3cccc4ccccc34)n2)cc1. The van der Waals surface area contributed by atoms with E-state index in [9.17, 15) is 0 Å². The molecule has 0 spiro atoms. The van der Waals surface area contributed by atoms with Crippen molar-refractivity contribution in [2.45, 2.75) is 0 Å². The van der Waals surface area contributed by atoms with Crippen LogP contribution in [0.1, 0.15) is 0 Å². The van der Waals surface area contributed by atoms with E-state index in [1.54, 1.807) is 0 Å². The largest absolute Gasteiger partial charge is 0.456 e. The fourth-order valence-electron chi connectivity index (χ4n) is 7.37. The third kappa shape index (κ3) is 5.15.